The van der Waals surface area contributed by atoms with Gasteiger partial charge in [-0.15, -0.1) is 11.3 Å². The third kappa shape index (κ3) is 3.84. The maximum atomic E-state index is 13.3. The summed E-state index contributed by atoms with van der Waals surface area (Å²) in [5.41, 5.74) is 6.86. The van der Waals surface area contributed by atoms with Crippen LogP contribution in [0.2, 0.25) is 0 Å². The minimum Gasteiger partial charge on any atom is -0.508 e. The highest BCUT2D eigenvalue weighted by atomic mass is 32.1. The lowest BCUT2D eigenvalue weighted by molar-refractivity contribution is -0.136. The third-order valence-electron chi connectivity index (χ3n) is 5.38. The zero-order chi connectivity index (χ0) is 24.6. The number of hydrogen-bond acceptors (Lipinski definition) is 9. The predicted molar refractivity (Wildman–Crippen MR) is 125 cm³/mol. The fraction of sp³-hybridized carbons (Fsp3) is 0.125. The van der Waals surface area contributed by atoms with Gasteiger partial charge >= 0.3 is 11.9 Å². The normalized spacial score (nSPS) is 15.8. The molecule has 0 amide bonds. The number of hydrogen-bond donors (Lipinski definition) is 3. The molecule has 0 saturated carbocycles. The quantitative estimate of drug-likeness (QED) is 0.461. The minimum atomic E-state index is -1.000. The molecule has 34 heavy (non-hydrogen) atoms. The molecule has 0 aliphatic carbocycles. The first-order valence-electron chi connectivity index (χ1n) is 9.99. The highest BCUT2D eigenvalue weighted by molar-refractivity contribution is 7.07. The fourth-order valence-electron chi connectivity index (χ4n) is 3.79. The molecule has 0 radical (unpaired) electrons. The number of benzene rings is 2. The highest BCUT2D eigenvalue weighted by Crippen LogP contribution is 2.38. The summed E-state index contributed by atoms with van der Waals surface area (Å²) >= 11 is 1.02. The molecule has 174 valence electrons. The average molecular weight is 480 g/mol. The largest absolute Gasteiger partial charge is 0.508 e. The lowest BCUT2D eigenvalue weighted by Crippen LogP contribution is -2.41. The van der Waals surface area contributed by atoms with E-state index in [0.717, 1.165) is 15.9 Å². The van der Waals surface area contributed by atoms with E-state index in [1.54, 1.807) is 30.3 Å². The van der Waals surface area contributed by atoms with Crippen molar-refractivity contribution in [1.29, 1.82) is 0 Å². The smallest absolute Gasteiger partial charge is 0.338 e. The molecule has 0 bridgehead atoms. The Morgan fingerprint density at radius 1 is 0.941 bits per heavy atom. The summed E-state index contributed by atoms with van der Waals surface area (Å²) in [4.78, 5) is 39.1. The van der Waals surface area contributed by atoms with Gasteiger partial charge in [0.15, 0.2) is 0 Å². The molecule has 4 N–H and O–H groups in total. The van der Waals surface area contributed by atoms with Crippen molar-refractivity contribution in [2.24, 2.45) is 5.73 Å². The molecule has 3 aromatic rings. The van der Waals surface area contributed by atoms with Gasteiger partial charge in [-0.05, 0) is 41.5 Å². The fourth-order valence-corrected chi connectivity index (χ4v) is 4.95. The Labute approximate surface area is 196 Å². The summed E-state index contributed by atoms with van der Waals surface area (Å²) in [6.45, 7) is 0. The number of phenolic OH excluding ortho intramolecular Hbond substituents is 2. The van der Waals surface area contributed by atoms with Gasteiger partial charge in [-0.3, -0.25) is 9.36 Å². The third-order valence-corrected chi connectivity index (χ3v) is 6.48. The molecule has 1 aliphatic rings. The molecule has 1 aromatic heterocycles. The van der Waals surface area contributed by atoms with Crippen molar-refractivity contribution in [2.45, 2.75) is 5.92 Å². The summed E-state index contributed by atoms with van der Waals surface area (Å²) < 4.78 is 11.5. The van der Waals surface area contributed by atoms with Crippen molar-refractivity contribution in [3.63, 3.8) is 0 Å². The van der Waals surface area contributed by atoms with E-state index in [0.29, 0.717) is 11.1 Å². The number of thiazole rings is 1. The molecule has 1 aliphatic heterocycles. The van der Waals surface area contributed by atoms with Crippen LogP contribution < -0.4 is 20.5 Å². The van der Waals surface area contributed by atoms with Crippen molar-refractivity contribution in [3.8, 4) is 11.5 Å². The van der Waals surface area contributed by atoms with Crippen molar-refractivity contribution < 1.29 is 29.3 Å². The molecule has 2 heterocycles. The molecule has 0 saturated heterocycles. The number of ether oxygens (including phenoxy) is 2. The Hall–Kier alpha value is -4.31. The van der Waals surface area contributed by atoms with E-state index in [4.69, 9.17) is 15.2 Å². The van der Waals surface area contributed by atoms with Crippen LogP contribution in [0.15, 0.2) is 58.9 Å². The van der Waals surface area contributed by atoms with Gasteiger partial charge in [0.2, 0.25) is 0 Å². The number of aromatic nitrogens is 1. The van der Waals surface area contributed by atoms with Crippen LogP contribution in [-0.4, -0.2) is 40.9 Å². The number of nitrogens with zero attached hydrogens (tertiary/aromatic N) is 1. The van der Waals surface area contributed by atoms with E-state index in [2.05, 4.69) is 0 Å². The number of rotatable bonds is 4. The van der Waals surface area contributed by atoms with Crippen molar-refractivity contribution in [1.82, 2.24) is 4.57 Å². The van der Waals surface area contributed by atoms with Crippen LogP contribution in [0, 0.1) is 0 Å². The second-order valence-corrected chi connectivity index (χ2v) is 8.40. The zero-order valence-corrected chi connectivity index (χ0v) is 19.0. The standard InChI is InChI=1S/C24H20N2O7S/c1-32-23(30)18-17(13-5-9-15(28)10-6-13)19(24(31)33-2)22-26(20(18)25)21(29)16(34-22)11-12-3-7-14(27)8-4-12/h3-11,17,27-28H,25H2,1-2H3/b16-11-/t17-/m0/s1. The molecule has 2 aromatic carbocycles. The SMILES string of the molecule is COC(=O)C1=C(N)n2c(s/c(=C\c3ccc(O)cc3)c2=O)=C(C(=O)OC)[C@H]1c1ccc(O)cc1. The van der Waals surface area contributed by atoms with E-state index in [-0.39, 0.29) is 37.7 Å². The maximum Gasteiger partial charge on any atom is 0.338 e. The number of carbonyl (C=O) groups is 2. The van der Waals surface area contributed by atoms with Gasteiger partial charge in [-0.1, -0.05) is 24.3 Å². The van der Waals surface area contributed by atoms with E-state index in [9.17, 15) is 24.6 Å². The number of aromatic hydroxyl groups is 2. The van der Waals surface area contributed by atoms with Crippen LogP contribution in [-0.2, 0) is 19.1 Å². The van der Waals surface area contributed by atoms with Crippen LogP contribution in [0.25, 0.3) is 17.5 Å². The van der Waals surface area contributed by atoms with E-state index < -0.39 is 23.4 Å². The number of esters is 2. The van der Waals surface area contributed by atoms with Crippen LogP contribution in [0.1, 0.15) is 17.0 Å². The number of fused-ring (bicyclic) bond motifs is 1. The number of nitrogens with two attached hydrogens (primary N) is 1. The summed E-state index contributed by atoms with van der Waals surface area (Å²) in [7, 11) is 2.37. The van der Waals surface area contributed by atoms with Crippen LogP contribution in [0.4, 0.5) is 0 Å². The Morgan fingerprint density at radius 3 is 2.03 bits per heavy atom. The monoisotopic (exact) mass is 480 g/mol. The molecule has 9 nitrogen and oxygen atoms in total. The molecule has 1 atom stereocenters. The van der Waals surface area contributed by atoms with Crippen molar-refractivity contribution >= 4 is 40.7 Å². The van der Waals surface area contributed by atoms with E-state index in [1.165, 1.54) is 38.5 Å². The number of carbonyl (C=O) groups excluding carboxylic acids is 2. The average Bonchev–Trinajstić information content (AvgIpc) is 3.15. The first-order chi connectivity index (χ1) is 16.3. The number of methoxy groups -OCH3 is 2. The molecule has 0 spiro atoms. The molecule has 4 rings (SSSR count). The van der Waals surface area contributed by atoms with Gasteiger partial charge in [0, 0.05) is 0 Å². The topological polar surface area (TPSA) is 141 Å². The van der Waals surface area contributed by atoms with Crippen molar-refractivity contribution in [3.05, 3.63) is 84.8 Å². The molecule has 0 unspecified atom stereocenters. The van der Waals surface area contributed by atoms with Crippen molar-refractivity contribution in [2.75, 3.05) is 14.2 Å². The number of phenols is 2. The second kappa shape index (κ2) is 8.91. The Bertz CT molecular complexity index is 1500. The first-order valence-corrected chi connectivity index (χ1v) is 10.8. The molecule has 0 fully saturated rings. The lowest BCUT2D eigenvalue weighted by atomic mass is 9.83. The van der Waals surface area contributed by atoms with Gasteiger partial charge in [-0.25, -0.2) is 9.59 Å². The Kier molecular flexibility index (Phi) is 5.99. The summed E-state index contributed by atoms with van der Waals surface area (Å²) in [5.74, 6) is -2.66. The lowest BCUT2D eigenvalue weighted by Gasteiger charge is -2.26. The molecular formula is C24H20N2O7S. The van der Waals surface area contributed by atoms with Gasteiger partial charge in [-0.2, -0.15) is 0 Å². The maximum absolute atomic E-state index is 13.3. The predicted octanol–water partition coefficient (Wildman–Crippen LogP) is 0.571. The summed E-state index contributed by atoms with van der Waals surface area (Å²) in [6.07, 6.45) is 1.59. The molecule has 10 heteroatoms. The van der Waals surface area contributed by atoms with Crippen LogP contribution >= 0.6 is 11.3 Å². The Morgan fingerprint density at radius 2 is 1.47 bits per heavy atom. The van der Waals surface area contributed by atoms with Gasteiger partial charge < -0.3 is 25.4 Å². The van der Waals surface area contributed by atoms with Crippen LogP contribution in [0.3, 0.4) is 0 Å². The van der Waals surface area contributed by atoms with E-state index >= 15 is 0 Å². The van der Waals surface area contributed by atoms with Gasteiger partial charge in [0.25, 0.3) is 5.56 Å². The summed E-state index contributed by atoms with van der Waals surface area (Å²) in [5, 5.41) is 19.2. The van der Waals surface area contributed by atoms with Gasteiger partial charge in [0.05, 0.1) is 35.8 Å². The second-order valence-electron chi connectivity index (χ2n) is 7.37. The Balaban J connectivity index is 2.11. The van der Waals surface area contributed by atoms with Gasteiger partial charge in [0.1, 0.15) is 22.0 Å². The summed E-state index contributed by atoms with van der Waals surface area (Å²) in [6, 6.07) is 12.1. The molecular weight excluding hydrogens is 460 g/mol. The van der Waals surface area contributed by atoms with E-state index in [1.807, 2.05) is 0 Å². The highest BCUT2D eigenvalue weighted by Gasteiger charge is 2.39. The minimum absolute atomic E-state index is 0.00503. The zero-order valence-electron chi connectivity index (χ0n) is 18.1. The van der Waals surface area contributed by atoms with Crippen LogP contribution in [0.5, 0.6) is 11.5 Å². The first kappa shape index (κ1) is 22.9.